The molecule has 0 spiro atoms. The first-order chi connectivity index (χ1) is 8.62. The highest BCUT2D eigenvalue weighted by molar-refractivity contribution is 5.82. The monoisotopic (exact) mass is 249 g/mol. The molecule has 1 amide bonds. The fourth-order valence-corrected chi connectivity index (χ4v) is 3.34. The van der Waals surface area contributed by atoms with Crippen LogP contribution in [0.4, 0.5) is 4.39 Å². The zero-order valence-corrected chi connectivity index (χ0v) is 10.8. The van der Waals surface area contributed by atoms with E-state index in [1.54, 1.807) is 12.1 Å². The Hall–Kier alpha value is -1.38. The minimum absolute atomic E-state index is 0.0741. The van der Waals surface area contributed by atoms with Crippen molar-refractivity contribution in [2.45, 2.75) is 44.9 Å². The molecule has 2 unspecified atom stereocenters. The summed E-state index contributed by atoms with van der Waals surface area (Å²) in [6.07, 6.45) is 4.34. The largest absolute Gasteiger partial charge is 0.369 e. The van der Waals surface area contributed by atoms with Gasteiger partial charge in [0.05, 0.1) is 5.41 Å². The van der Waals surface area contributed by atoms with Crippen LogP contribution in [0.25, 0.3) is 0 Å². The molecule has 0 heterocycles. The maximum absolute atomic E-state index is 14.0. The van der Waals surface area contributed by atoms with E-state index in [0.29, 0.717) is 12.0 Å². The van der Waals surface area contributed by atoms with Crippen LogP contribution in [-0.2, 0) is 4.79 Å². The maximum atomic E-state index is 14.0. The number of carbonyl (C=O) groups excluding carboxylic acids is 1. The third-order valence-electron chi connectivity index (χ3n) is 4.43. The molecule has 0 aromatic heterocycles. The van der Waals surface area contributed by atoms with Crippen molar-refractivity contribution in [3.05, 3.63) is 35.6 Å². The molecular weight excluding hydrogens is 229 g/mol. The zero-order valence-electron chi connectivity index (χ0n) is 10.8. The number of halogens is 1. The van der Waals surface area contributed by atoms with Gasteiger partial charge >= 0.3 is 0 Å². The molecule has 1 aromatic rings. The SMILES string of the molecule is CCC1(C(N)=O)CCCCC1c1ccccc1F. The lowest BCUT2D eigenvalue weighted by Crippen LogP contribution is -2.43. The van der Waals surface area contributed by atoms with E-state index < -0.39 is 5.41 Å². The lowest BCUT2D eigenvalue weighted by molar-refractivity contribution is -0.131. The fourth-order valence-electron chi connectivity index (χ4n) is 3.34. The van der Waals surface area contributed by atoms with E-state index in [4.69, 9.17) is 5.73 Å². The van der Waals surface area contributed by atoms with Crippen molar-refractivity contribution in [1.82, 2.24) is 0 Å². The van der Waals surface area contributed by atoms with Crippen molar-refractivity contribution in [2.75, 3.05) is 0 Å². The number of benzene rings is 1. The Morgan fingerprint density at radius 2 is 2.17 bits per heavy atom. The van der Waals surface area contributed by atoms with Gasteiger partial charge in [-0.15, -0.1) is 0 Å². The third kappa shape index (κ3) is 2.02. The molecule has 2 atom stereocenters. The summed E-state index contributed by atoms with van der Waals surface area (Å²) in [4.78, 5) is 11.9. The smallest absolute Gasteiger partial charge is 0.224 e. The quantitative estimate of drug-likeness (QED) is 0.877. The standard InChI is InChI=1S/C15H20FNO/c1-2-15(14(17)18)10-6-5-8-12(15)11-7-3-4-9-13(11)16/h3-4,7,9,12H,2,5-6,8,10H2,1H3,(H2,17,18). The van der Waals surface area contributed by atoms with Crippen molar-refractivity contribution < 1.29 is 9.18 Å². The van der Waals surface area contributed by atoms with Crippen LogP contribution in [-0.4, -0.2) is 5.91 Å². The van der Waals surface area contributed by atoms with Crippen molar-refractivity contribution in [3.63, 3.8) is 0 Å². The van der Waals surface area contributed by atoms with Gasteiger partial charge in [0.1, 0.15) is 5.82 Å². The molecule has 1 saturated carbocycles. The number of primary amides is 1. The van der Waals surface area contributed by atoms with Crippen molar-refractivity contribution in [2.24, 2.45) is 11.1 Å². The van der Waals surface area contributed by atoms with E-state index in [2.05, 4.69) is 0 Å². The molecule has 0 radical (unpaired) electrons. The number of amides is 1. The van der Waals surface area contributed by atoms with Crippen LogP contribution in [0.15, 0.2) is 24.3 Å². The van der Waals surface area contributed by atoms with E-state index in [0.717, 1.165) is 25.7 Å². The molecule has 2 nitrogen and oxygen atoms in total. The molecule has 0 aliphatic heterocycles. The lowest BCUT2D eigenvalue weighted by Gasteiger charge is -2.41. The highest BCUT2D eigenvalue weighted by atomic mass is 19.1. The summed E-state index contributed by atoms with van der Waals surface area (Å²) in [5, 5.41) is 0. The topological polar surface area (TPSA) is 43.1 Å². The van der Waals surface area contributed by atoms with E-state index in [1.165, 1.54) is 6.07 Å². The van der Waals surface area contributed by atoms with Crippen LogP contribution >= 0.6 is 0 Å². The highest BCUT2D eigenvalue weighted by Crippen LogP contribution is 2.49. The molecule has 1 aliphatic carbocycles. The molecule has 1 aromatic carbocycles. The summed E-state index contributed by atoms with van der Waals surface area (Å²) in [5.74, 6) is -0.573. The van der Waals surface area contributed by atoms with Crippen LogP contribution in [0.3, 0.4) is 0 Å². The summed E-state index contributed by atoms with van der Waals surface area (Å²) in [6.45, 7) is 1.98. The first-order valence-corrected chi connectivity index (χ1v) is 6.66. The number of hydrogen-bond donors (Lipinski definition) is 1. The summed E-state index contributed by atoms with van der Waals surface area (Å²) >= 11 is 0. The van der Waals surface area contributed by atoms with Crippen molar-refractivity contribution in [3.8, 4) is 0 Å². The predicted molar refractivity (Wildman–Crippen MR) is 69.5 cm³/mol. The van der Waals surface area contributed by atoms with Crippen LogP contribution < -0.4 is 5.73 Å². The fraction of sp³-hybridized carbons (Fsp3) is 0.533. The van der Waals surface area contributed by atoms with Gasteiger partial charge in [-0.3, -0.25) is 4.79 Å². The molecule has 98 valence electrons. The van der Waals surface area contributed by atoms with Crippen LogP contribution in [0, 0.1) is 11.2 Å². The first-order valence-electron chi connectivity index (χ1n) is 6.66. The third-order valence-corrected chi connectivity index (χ3v) is 4.43. The number of rotatable bonds is 3. The average molecular weight is 249 g/mol. The second kappa shape index (κ2) is 5.09. The predicted octanol–water partition coefficient (Wildman–Crippen LogP) is 3.37. The normalized spacial score (nSPS) is 28.0. The Morgan fingerprint density at radius 3 is 2.78 bits per heavy atom. The maximum Gasteiger partial charge on any atom is 0.224 e. The Kier molecular flexibility index (Phi) is 3.69. The van der Waals surface area contributed by atoms with Crippen molar-refractivity contribution in [1.29, 1.82) is 0 Å². The zero-order chi connectivity index (χ0) is 13.2. The van der Waals surface area contributed by atoms with Crippen molar-refractivity contribution >= 4 is 5.91 Å². The number of nitrogens with two attached hydrogens (primary N) is 1. The van der Waals surface area contributed by atoms with E-state index in [-0.39, 0.29) is 17.6 Å². The Labute approximate surface area is 107 Å². The van der Waals surface area contributed by atoms with E-state index >= 15 is 0 Å². The minimum Gasteiger partial charge on any atom is -0.369 e. The van der Waals surface area contributed by atoms with Gasteiger partial charge in [0.25, 0.3) is 0 Å². The Morgan fingerprint density at radius 1 is 1.44 bits per heavy atom. The Balaban J connectivity index is 2.46. The van der Waals surface area contributed by atoms with Crippen LogP contribution in [0.1, 0.15) is 50.5 Å². The van der Waals surface area contributed by atoms with Gasteiger partial charge in [0.2, 0.25) is 5.91 Å². The lowest BCUT2D eigenvalue weighted by atomic mass is 9.62. The molecule has 3 heteroatoms. The summed E-state index contributed by atoms with van der Waals surface area (Å²) in [7, 11) is 0. The molecular formula is C15H20FNO. The van der Waals surface area contributed by atoms with Gasteiger partial charge < -0.3 is 5.73 Å². The molecule has 2 N–H and O–H groups in total. The van der Waals surface area contributed by atoms with Gasteiger partial charge in [-0.1, -0.05) is 38.0 Å². The summed E-state index contributed by atoms with van der Waals surface area (Å²) in [5.41, 5.74) is 5.71. The van der Waals surface area contributed by atoms with Gasteiger partial charge in [0.15, 0.2) is 0 Å². The van der Waals surface area contributed by atoms with Gasteiger partial charge in [-0.2, -0.15) is 0 Å². The number of hydrogen-bond acceptors (Lipinski definition) is 1. The molecule has 2 rings (SSSR count). The van der Waals surface area contributed by atoms with Gasteiger partial charge in [-0.05, 0) is 30.9 Å². The van der Waals surface area contributed by atoms with Gasteiger partial charge in [0, 0.05) is 5.92 Å². The number of carbonyl (C=O) groups is 1. The molecule has 18 heavy (non-hydrogen) atoms. The van der Waals surface area contributed by atoms with E-state index in [9.17, 15) is 9.18 Å². The first kappa shape index (κ1) is 13.1. The Bertz CT molecular complexity index is 446. The van der Waals surface area contributed by atoms with Crippen LogP contribution in [0.2, 0.25) is 0 Å². The van der Waals surface area contributed by atoms with Crippen LogP contribution in [0.5, 0.6) is 0 Å². The minimum atomic E-state index is -0.569. The molecule has 0 saturated heterocycles. The molecule has 1 aliphatic rings. The summed E-state index contributed by atoms with van der Waals surface area (Å²) < 4.78 is 14.0. The second-order valence-electron chi connectivity index (χ2n) is 5.19. The molecule has 0 bridgehead atoms. The highest BCUT2D eigenvalue weighted by Gasteiger charge is 2.45. The second-order valence-corrected chi connectivity index (χ2v) is 5.19. The summed E-state index contributed by atoms with van der Waals surface area (Å²) in [6, 6.07) is 6.76. The van der Waals surface area contributed by atoms with E-state index in [1.807, 2.05) is 13.0 Å². The average Bonchev–Trinajstić information content (AvgIpc) is 2.39. The van der Waals surface area contributed by atoms with Gasteiger partial charge in [-0.25, -0.2) is 4.39 Å². The molecule has 1 fully saturated rings.